The van der Waals surface area contributed by atoms with Crippen LogP contribution in [0.25, 0.3) is 0 Å². The molecule has 0 aliphatic rings. The molecule has 0 spiro atoms. The third-order valence-electron chi connectivity index (χ3n) is 3.29. The Bertz CT molecular complexity index is 758. The quantitative estimate of drug-likeness (QED) is 0.623. The van der Waals surface area contributed by atoms with Crippen LogP contribution < -0.4 is 5.73 Å². The first kappa shape index (κ1) is 20.8. The maximum Gasteiger partial charge on any atom is 0.323 e. The van der Waals surface area contributed by atoms with Gasteiger partial charge in [0, 0.05) is 0 Å². The lowest BCUT2D eigenvalue weighted by Gasteiger charge is -2.08. The van der Waals surface area contributed by atoms with Crippen molar-refractivity contribution in [2.24, 2.45) is 5.73 Å². The van der Waals surface area contributed by atoms with Crippen LogP contribution in [-0.4, -0.2) is 25.0 Å². The lowest BCUT2D eigenvalue weighted by atomic mass is 10.2. The van der Waals surface area contributed by atoms with Crippen LogP contribution in [0.5, 0.6) is 0 Å². The molecule has 7 heteroatoms. The van der Waals surface area contributed by atoms with Crippen molar-refractivity contribution in [1.82, 2.24) is 0 Å². The van der Waals surface area contributed by atoms with E-state index in [0.29, 0.717) is 13.0 Å². The summed E-state index contributed by atoms with van der Waals surface area (Å²) in [4.78, 5) is 11.1. The van der Waals surface area contributed by atoms with E-state index in [4.69, 9.17) is 15.0 Å². The predicted octanol–water partition coefficient (Wildman–Crippen LogP) is 2.71. The number of nitrogens with two attached hydrogens (primary N) is 1. The van der Waals surface area contributed by atoms with Crippen molar-refractivity contribution in [2.45, 2.75) is 37.8 Å². The number of benzene rings is 2. The lowest BCUT2D eigenvalue weighted by Crippen LogP contribution is -2.31. The summed E-state index contributed by atoms with van der Waals surface area (Å²) < 4.78 is 34.6. The lowest BCUT2D eigenvalue weighted by molar-refractivity contribution is -0.146. The molecule has 25 heavy (non-hydrogen) atoms. The minimum atomic E-state index is -4.02. The highest BCUT2D eigenvalue weighted by Gasteiger charge is 2.11. The van der Waals surface area contributed by atoms with Gasteiger partial charge in [-0.05, 0) is 31.0 Å². The Morgan fingerprint density at radius 1 is 1.12 bits per heavy atom. The van der Waals surface area contributed by atoms with Crippen LogP contribution in [-0.2, 0) is 26.3 Å². The summed E-state index contributed by atoms with van der Waals surface area (Å²) in [6.45, 7) is 4.00. The van der Waals surface area contributed by atoms with Crippen molar-refractivity contribution < 1.29 is 22.5 Å². The smallest absolute Gasteiger partial charge is 0.323 e. The Morgan fingerprint density at radius 2 is 1.68 bits per heavy atom. The van der Waals surface area contributed by atoms with Crippen molar-refractivity contribution in [2.75, 3.05) is 0 Å². The highest BCUT2D eigenvalue weighted by Crippen LogP contribution is 2.08. The van der Waals surface area contributed by atoms with E-state index in [1.54, 1.807) is 12.1 Å². The fourth-order valence-corrected chi connectivity index (χ4v) is 2.19. The molecule has 0 radical (unpaired) electrons. The molecule has 0 saturated heterocycles. The second-order valence-electron chi connectivity index (χ2n) is 5.40. The molecule has 2 rings (SSSR count). The summed E-state index contributed by atoms with van der Waals surface area (Å²) in [6, 6.07) is 15.0. The number of carbonyl (C=O) groups is 1. The zero-order chi connectivity index (χ0) is 18.9. The van der Waals surface area contributed by atoms with E-state index >= 15 is 0 Å². The molecule has 1 atom stereocenters. The molecule has 0 bridgehead atoms. The predicted molar refractivity (Wildman–Crippen MR) is 95.5 cm³/mol. The average molecular weight is 365 g/mol. The standard InChI is InChI=1S/C11H15NO2.C7H8O3S/c1-2-10(12)11(13)14-8-9-6-4-3-5-7-9;1-6-2-4-7(5-3-6)11(8,9)10/h3-7,10H,2,8,12H2,1H3;2-5H,1H3,(H,8,9,10)/t10-;/m1./s1. The van der Waals surface area contributed by atoms with Gasteiger partial charge in [0.1, 0.15) is 12.6 Å². The van der Waals surface area contributed by atoms with E-state index in [1.165, 1.54) is 12.1 Å². The fraction of sp³-hybridized carbons (Fsp3) is 0.278. The first-order chi connectivity index (χ1) is 11.7. The van der Waals surface area contributed by atoms with E-state index in [9.17, 15) is 13.2 Å². The summed E-state index contributed by atoms with van der Waals surface area (Å²) in [7, 11) is -4.02. The molecule has 0 aliphatic carbocycles. The minimum absolute atomic E-state index is 0.0666. The second-order valence-corrected chi connectivity index (χ2v) is 6.82. The normalized spacial score (nSPS) is 11.8. The van der Waals surface area contributed by atoms with Gasteiger partial charge in [0.15, 0.2) is 0 Å². The summed E-state index contributed by atoms with van der Waals surface area (Å²) in [5.74, 6) is -0.337. The van der Waals surface area contributed by atoms with Gasteiger partial charge in [0.05, 0.1) is 4.90 Å². The largest absolute Gasteiger partial charge is 0.460 e. The van der Waals surface area contributed by atoms with Gasteiger partial charge in [-0.25, -0.2) is 0 Å². The molecular weight excluding hydrogens is 342 g/mol. The highest BCUT2D eigenvalue weighted by molar-refractivity contribution is 7.85. The van der Waals surface area contributed by atoms with Crippen LogP contribution in [0.15, 0.2) is 59.5 Å². The molecule has 0 unspecified atom stereocenters. The Hall–Kier alpha value is -2.22. The molecule has 0 aliphatic heterocycles. The van der Waals surface area contributed by atoms with Crippen LogP contribution in [0.3, 0.4) is 0 Å². The fourth-order valence-electron chi connectivity index (χ4n) is 1.71. The maximum atomic E-state index is 11.2. The Kier molecular flexibility index (Phi) is 8.27. The molecule has 0 saturated carbocycles. The van der Waals surface area contributed by atoms with Gasteiger partial charge in [0.2, 0.25) is 0 Å². The van der Waals surface area contributed by atoms with Crippen LogP contribution in [0.2, 0.25) is 0 Å². The topological polar surface area (TPSA) is 107 Å². The first-order valence-electron chi connectivity index (χ1n) is 7.74. The molecule has 0 amide bonds. The summed E-state index contributed by atoms with van der Waals surface area (Å²) >= 11 is 0. The molecule has 2 aromatic carbocycles. The average Bonchev–Trinajstić information content (AvgIpc) is 2.60. The van der Waals surface area contributed by atoms with Gasteiger partial charge in [-0.1, -0.05) is 55.0 Å². The van der Waals surface area contributed by atoms with Gasteiger partial charge in [0.25, 0.3) is 10.1 Å². The molecule has 136 valence electrons. The Morgan fingerprint density at radius 3 is 2.16 bits per heavy atom. The van der Waals surface area contributed by atoms with Crippen LogP contribution in [0.4, 0.5) is 0 Å². The number of hydrogen-bond acceptors (Lipinski definition) is 5. The molecular formula is C18H23NO5S. The number of hydrogen-bond donors (Lipinski definition) is 2. The second kappa shape index (κ2) is 9.93. The molecule has 0 fully saturated rings. The number of ether oxygens (including phenoxy) is 1. The van der Waals surface area contributed by atoms with E-state index in [1.807, 2.05) is 44.2 Å². The van der Waals surface area contributed by atoms with Gasteiger partial charge >= 0.3 is 5.97 Å². The van der Waals surface area contributed by atoms with Gasteiger partial charge in [-0.2, -0.15) is 8.42 Å². The summed E-state index contributed by atoms with van der Waals surface area (Å²) in [5.41, 5.74) is 7.44. The zero-order valence-corrected chi connectivity index (χ0v) is 15.1. The number of esters is 1. The number of carbonyl (C=O) groups excluding carboxylic acids is 1. The van der Waals surface area contributed by atoms with Crippen molar-refractivity contribution >= 4 is 16.1 Å². The van der Waals surface area contributed by atoms with Crippen LogP contribution in [0, 0.1) is 6.92 Å². The van der Waals surface area contributed by atoms with Gasteiger partial charge in [-0.3, -0.25) is 9.35 Å². The van der Waals surface area contributed by atoms with E-state index in [-0.39, 0.29) is 10.9 Å². The van der Waals surface area contributed by atoms with Crippen molar-refractivity contribution in [3.05, 3.63) is 65.7 Å². The summed E-state index contributed by atoms with van der Waals surface area (Å²) in [5, 5.41) is 0. The van der Waals surface area contributed by atoms with E-state index in [0.717, 1.165) is 11.1 Å². The van der Waals surface area contributed by atoms with Gasteiger partial charge < -0.3 is 10.5 Å². The summed E-state index contributed by atoms with van der Waals surface area (Å²) in [6.07, 6.45) is 0.605. The monoisotopic (exact) mass is 365 g/mol. The van der Waals surface area contributed by atoms with Crippen molar-refractivity contribution in [3.63, 3.8) is 0 Å². The molecule has 2 aromatic rings. The van der Waals surface area contributed by atoms with E-state index < -0.39 is 16.2 Å². The van der Waals surface area contributed by atoms with Crippen molar-refractivity contribution in [3.8, 4) is 0 Å². The maximum absolute atomic E-state index is 11.2. The Labute approximate surface area is 148 Å². The van der Waals surface area contributed by atoms with Crippen LogP contribution >= 0.6 is 0 Å². The minimum Gasteiger partial charge on any atom is -0.460 e. The molecule has 6 nitrogen and oxygen atoms in total. The Balaban J connectivity index is 0.000000257. The zero-order valence-electron chi connectivity index (χ0n) is 14.3. The third-order valence-corrected chi connectivity index (χ3v) is 4.15. The SMILES string of the molecule is CC[C@@H](N)C(=O)OCc1ccccc1.Cc1ccc(S(=O)(=O)O)cc1. The van der Waals surface area contributed by atoms with Gasteiger partial charge in [-0.15, -0.1) is 0 Å². The number of aryl methyl sites for hydroxylation is 1. The first-order valence-corrected chi connectivity index (χ1v) is 9.18. The molecule has 3 N–H and O–H groups in total. The van der Waals surface area contributed by atoms with E-state index in [2.05, 4.69) is 0 Å². The van der Waals surface area contributed by atoms with Crippen LogP contribution in [0.1, 0.15) is 24.5 Å². The highest BCUT2D eigenvalue weighted by atomic mass is 32.2. The van der Waals surface area contributed by atoms with Crippen molar-refractivity contribution in [1.29, 1.82) is 0 Å². The molecule has 0 heterocycles. The third kappa shape index (κ3) is 7.93. The molecule has 0 aromatic heterocycles. The number of rotatable bonds is 5.